The number of aliphatic hydroxyl groups excluding tert-OH is 1. The normalized spacial score (nSPS) is 21.6. The molecular formula is C10H15N3O. The molecule has 14 heavy (non-hydrogen) atoms. The molecule has 0 aliphatic carbocycles. The Labute approximate surface area is 83.6 Å². The highest BCUT2D eigenvalue weighted by atomic mass is 16.3. The minimum Gasteiger partial charge on any atom is -0.391 e. The first-order valence-electron chi connectivity index (χ1n) is 4.90. The first kappa shape index (κ1) is 9.40. The van der Waals surface area contributed by atoms with Crippen molar-refractivity contribution in [1.29, 1.82) is 0 Å². The second kappa shape index (κ2) is 3.53. The highest BCUT2D eigenvalue weighted by Gasteiger charge is 2.22. The van der Waals surface area contributed by atoms with Crippen LogP contribution in [0, 0.1) is 13.8 Å². The van der Waals surface area contributed by atoms with E-state index in [1.807, 2.05) is 24.8 Å². The highest BCUT2D eigenvalue weighted by Crippen LogP contribution is 2.16. The molecule has 0 aromatic carbocycles. The van der Waals surface area contributed by atoms with Crippen LogP contribution >= 0.6 is 0 Å². The van der Waals surface area contributed by atoms with Gasteiger partial charge in [0.15, 0.2) is 0 Å². The maximum atomic E-state index is 9.40. The summed E-state index contributed by atoms with van der Waals surface area (Å²) in [4.78, 5) is 10.7. The molecule has 1 N–H and O–H groups in total. The van der Waals surface area contributed by atoms with Crippen LogP contribution < -0.4 is 4.90 Å². The van der Waals surface area contributed by atoms with Crippen LogP contribution in [0.25, 0.3) is 0 Å². The number of hydrogen-bond acceptors (Lipinski definition) is 4. The van der Waals surface area contributed by atoms with Gasteiger partial charge in [-0.3, -0.25) is 0 Å². The van der Waals surface area contributed by atoms with Crippen molar-refractivity contribution in [1.82, 2.24) is 9.97 Å². The molecule has 1 atom stereocenters. The van der Waals surface area contributed by atoms with E-state index in [-0.39, 0.29) is 6.10 Å². The lowest BCUT2D eigenvalue weighted by Gasteiger charge is -2.15. The molecule has 2 rings (SSSR count). The van der Waals surface area contributed by atoms with E-state index in [0.29, 0.717) is 6.54 Å². The molecule has 1 aromatic heterocycles. The first-order chi connectivity index (χ1) is 6.65. The zero-order valence-corrected chi connectivity index (χ0v) is 8.56. The number of aliphatic hydroxyl groups is 1. The summed E-state index contributed by atoms with van der Waals surface area (Å²) in [5.41, 5.74) is 1.96. The van der Waals surface area contributed by atoms with Crippen LogP contribution in [0.4, 0.5) is 5.95 Å². The largest absolute Gasteiger partial charge is 0.391 e. The number of anilines is 1. The molecule has 1 saturated heterocycles. The fourth-order valence-corrected chi connectivity index (χ4v) is 1.77. The lowest BCUT2D eigenvalue weighted by atomic mass is 10.3. The summed E-state index contributed by atoms with van der Waals surface area (Å²) in [6, 6.07) is 1.95. The number of nitrogens with zero attached hydrogens (tertiary/aromatic N) is 3. The van der Waals surface area contributed by atoms with Crippen molar-refractivity contribution in [3.8, 4) is 0 Å². The smallest absolute Gasteiger partial charge is 0.225 e. The van der Waals surface area contributed by atoms with Gasteiger partial charge in [0.05, 0.1) is 6.10 Å². The molecule has 1 aliphatic rings. The molecule has 1 aromatic rings. The lowest BCUT2D eigenvalue weighted by Crippen LogP contribution is -2.23. The van der Waals surface area contributed by atoms with Crippen molar-refractivity contribution in [2.45, 2.75) is 26.4 Å². The highest BCUT2D eigenvalue weighted by molar-refractivity contribution is 5.33. The fraction of sp³-hybridized carbons (Fsp3) is 0.600. The Balaban J connectivity index is 2.23. The van der Waals surface area contributed by atoms with Crippen LogP contribution in [-0.2, 0) is 0 Å². The van der Waals surface area contributed by atoms with Crippen LogP contribution in [0.15, 0.2) is 6.07 Å². The summed E-state index contributed by atoms with van der Waals surface area (Å²) >= 11 is 0. The van der Waals surface area contributed by atoms with E-state index in [9.17, 15) is 5.11 Å². The molecule has 2 heterocycles. The van der Waals surface area contributed by atoms with E-state index in [1.165, 1.54) is 0 Å². The van der Waals surface area contributed by atoms with Crippen molar-refractivity contribution in [3.05, 3.63) is 17.5 Å². The molecule has 0 amide bonds. The number of β-amino-alcohol motifs (C(OH)–C–C–N with tert-alkyl or cyclic N) is 1. The third kappa shape index (κ3) is 1.85. The van der Waals surface area contributed by atoms with Gasteiger partial charge in [-0.15, -0.1) is 0 Å². The summed E-state index contributed by atoms with van der Waals surface area (Å²) in [5, 5.41) is 9.40. The van der Waals surface area contributed by atoms with Crippen molar-refractivity contribution >= 4 is 5.95 Å². The van der Waals surface area contributed by atoms with E-state index >= 15 is 0 Å². The molecule has 4 nitrogen and oxygen atoms in total. The van der Waals surface area contributed by atoms with E-state index < -0.39 is 0 Å². The number of aromatic nitrogens is 2. The Morgan fingerprint density at radius 3 is 2.50 bits per heavy atom. The SMILES string of the molecule is Cc1cc(C)nc(N2CC[C@@H](O)C2)n1. The summed E-state index contributed by atoms with van der Waals surface area (Å²) in [7, 11) is 0. The number of rotatable bonds is 1. The molecule has 1 fully saturated rings. The van der Waals surface area contributed by atoms with Gasteiger partial charge in [0.1, 0.15) is 0 Å². The average Bonchev–Trinajstić information content (AvgIpc) is 2.50. The summed E-state index contributed by atoms with van der Waals surface area (Å²) in [6.07, 6.45) is 0.593. The van der Waals surface area contributed by atoms with Gasteiger partial charge < -0.3 is 10.0 Å². The number of hydrogen-bond donors (Lipinski definition) is 1. The second-order valence-electron chi connectivity index (χ2n) is 3.84. The molecule has 0 radical (unpaired) electrons. The Hall–Kier alpha value is -1.16. The zero-order valence-electron chi connectivity index (χ0n) is 8.56. The molecule has 0 unspecified atom stereocenters. The van der Waals surface area contributed by atoms with E-state index in [2.05, 4.69) is 9.97 Å². The van der Waals surface area contributed by atoms with Gasteiger partial charge in [0.25, 0.3) is 0 Å². The van der Waals surface area contributed by atoms with Crippen LogP contribution in [0.1, 0.15) is 17.8 Å². The van der Waals surface area contributed by atoms with E-state index in [0.717, 1.165) is 30.3 Å². The lowest BCUT2D eigenvalue weighted by molar-refractivity contribution is 0.198. The van der Waals surface area contributed by atoms with Crippen molar-refractivity contribution in [2.75, 3.05) is 18.0 Å². The van der Waals surface area contributed by atoms with Gasteiger partial charge in [0.2, 0.25) is 5.95 Å². The second-order valence-corrected chi connectivity index (χ2v) is 3.84. The molecular weight excluding hydrogens is 178 g/mol. The van der Waals surface area contributed by atoms with Gasteiger partial charge in [-0.05, 0) is 26.3 Å². The van der Waals surface area contributed by atoms with Gasteiger partial charge in [0, 0.05) is 24.5 Å². The maximum Gasteiger partial charge on any atom is 0.225 e. The Morgan fingerprint density at radius 1 is 1.36 bits per heavy atom. The first-order valence-corrected chi connectivity index (χ1v) is 4.90. The average molecular weight is 193 g/mol. The van der Waals surface area contributed by atoms with Crippen molar-refractivity contribution in [2.24, 2.45) is 0 Å². The van der Waals surface area contributed by atoms with Crippen molar-refractivity contribution in [3.63, 3.8) is 0 Å². The third-order valence-electron chi connectivity index (χ3n) is 2.42. The van der Waals surface area contributed by atoms with Gasteiger partial charge in [-0.25, -0.2) is 9.97 Å². The summed E-state index contributed by atoms with van der Waals surface area (Å²) in [6.45, 7) is 5.43. The van der Waals surface area contributed by atoms with Crippen LogP contribution in [0.5, 0.6) is 0 Å². The third-order valence-corrected chi connectivity index (χ3v) is 2.42. The molecule has 0 bridgehead atoms. The Bertz CT molecular complexity index is 320. The minimum absolute atomic E-state index is 0.223. The topological polar surface area (TPSA) is 49.2 Å². The predicted molar refractivity (Wildman–Crippen MR) is 54.3 cm³/mol. The number of aryl methyl sites for hydroxylation is 2. The minimum atomic E-state index is -0.223. The maximum absolute atomic E-state index is 9.40. The van der Waals surface area contributed by atoms with E-state index in [4.69, 9.17) is 0 Å². The standard InChI is InChI=1S/C10H15N3O/c1-7-5-8(2)12-10(11-7)13-4-3-9(14)6-13/h5,9,14H,3-4,6H2,1-2H3/t9-/m1/s1. The van der Waals surface area contributed by atoms with Gasteiger partial charge >= 0.3 is 0 Å². The van der Waals surface area contributed by atoms with Crippen molar-refractivity contribution < 1.29 is 5.11 Å². The molecule has 0 spiro atoms. The Morgan fingerprint density at radius 2 is 2.00 bits per heavy atom. The van der Waals surface area contributed by atoms with Crippen LogP contribution in [0.3, 0.4) is 0 Å². The van der Waals surface area contributed by atoms with Gasteiger partial charge in [-0.1, -0.05) is 0 Å². The van der Waals surface area contributed by atoms with Crippen LogP contribution in [-0.4, -0.2) is 34.3 Å². The fourth-order valence-electron chi connectivity index (χ4n) is 1.77. The van der Waals surface area contributed by atoms with Gasteiger partial charge in [-0.2, -0.15) is 0 Å². The Kier molecular flexibility index (Phi) is 2.37. The molecule has 0 saturated carbocycles. The predicted octanol–water partition coefficient (Wildman–Crippen LogP) is 0.664. The molecule has 1 aliphatic heterocycles. The molecule has 4 heteroatoms. The zero-order chi connectivity index (χ0) is 10.1. The van der Waals surface area contributed by atoms with E-state index in [1.54, 1.807) is 0 Å². The quantitative estimate of drug-likeness (QED) is 0.712. The molecule has 76 valence electrons. The van der Waals surface area contributed by atoms with Crippen LogP contribution in [0.2, 0.25) is 0 Å². The monoisotopic (exact) mass is 193 g/mol. The summed E-state index contributed by atoms with van der Waals surface area (Å²) in [5.74, 6) is 0.749. The summed E-state index contributed by atoms with van der Waals surface area (Å²) < 4.78 is 0.